The monoisotopic (exact) mass is 512 g/mol. The highest BCUT2D eigenvalue weighted by Gasteiger charge is 2.22. The van der Waals surface area contributed by atoms with E-state index in [0.29, 0.717) is 12.6 Å². The predicted molar refractivity (Wildman–Crippen MR) is 129 cm³/mol. The number of guanidine groups is 1. The first kappa shape index (κ1) is 23.5. The predicted octanol–water partition coefficient (Wildman–Crippen LogP) is 3.04. The summed E-state index contributed by atoms with van der Waals surface area (Å²) in [7, 11) is 1.67. The lowest BCUT2D eigenvalue weighted by Gasteiger charge is -2.23. The molecule has 0 aliphatic carbocycles. The second kappa shape index (κ2) is 12.0. The first-order valence-corrected chi connectivity index (χ1v) is 10.2. The van der Waals surface area contributed by atoms with E-state index in [9.17, 15) is 0 Å². The van der Waals surface area contributed by atoms with Crippen LogP contribution >= 0.6 is 24.0 Å². The number of ether oxygens (including phenoxy) is 1. The van der Waals surface area contributed by atoms with Gasteiger partial charge in [0.1, 0.15) is 5.75 Å². The molecule has 2 heterocycles. The minimum Gasteiger partial charge on any atom is -0.497 e. The normalized spacial score (nSPS) is 17.1. The molecule has 1 unspecified atom stereocenters. The van der Waals surface area contributed by atoms with Crippen LogP contribution in [0.4, 0.5) is 0 Å². The van der Waals surface area contributed by atoms with Gasteiger partial charge < -0.3 is 15.4 Å². The minimum atomic E-state index is 0. The molecule has 0 spiro atoms. The lowest BCUT2D eigenvalue weighted by molar-refractivity contribution is 0.267. The average molecular weight is 512 g/mol. The fourth-order valence-electron chi connectivity index (χ4n) is 3.58. The van der Waals surface area contributed by atoms with Crippen LogP contribution < -0.4 is 15.4 Å². The van der Waals surface area contributed by atoms with E-state index in [0.717, 1.165) is 42.7 Å². The van der Waals surface area contributed by atoms with E-state index in [2.05, 4.69) is 34.5 Å². The molecule has 2 aromatic rings. The van der Waals surface area contributed by atoms with Gasteiger partial charge in [0, 0.05) is 25.3 Å². The molecular formula is C21H33IN6O. The summed E-state index contributed by atoms with van der Waals surface area (Å²) in [4.78, 5) is 7.24. The van der Waals surface area contributed by atoms with Crippen molar-refractivity contribution in [3.63, 3.8) is 0 Å². The maximum atomic E-state index is 5.21. The molecule has 0 radical (unpaired) electrons. The molecule has 1 fully saturated rings. The van der Waals surface area contributed by atoms with Crippen LogP contribution in [0.15, 0.2) is 41.5 Å². The van der Waals surface area contributed by atoms with Crippen molar-refractivity contribution in [2.45, 2.75) is 39.3 Å². The third-order valence-electron chi connectivity index (χ3n) is 5.14. The largest absolute Gasteiger partial charge is 0.497 e. The highest BCUT2D eigenvalue weighted by molar-refractivity contribution is 14.0. The molecule has 1 aromatic carbocycles. The van der Waals surface area contributed by atoms with Crippen LogP contribution in [-0.4, -0.2) is 60.0 Å². The lowest BCUT2D eigenvalue weighted by atomic mass is 10.2. The van der Waals surface area contributed by atoms with Gasteiger partial charge in [-0.3, -0.25) is 4.90 Å². The van der Waals surface area contributed by atoms with Crippen molar-refractivity contribution in [2.75, 3.05) is 33.3 Å². The van der Waals surface area contributed by atoms with Crippen molar-refractivity contribution in [1.82, 2.24) is 25.3 Å². The van der Waals surface area contributed by atoms with Crippen molar-refractivity contribution in [3.05, 3.63) is 42.2 Å². The Kier molecular flexibility index (Phi) is 9.72. The Hall–Kier alpha value is -1.81. The summed E-state index contributed by atoms with van der Waals surface area (Å²) in [6.07, 6.45) is 4.51. The minimum absolute atomic E-state index is 0. The summed E-state index contributed by atoms with van der Waals surface area (Å²) >= 11 is 0. The maximum Gasteiger partial charge on any atom is 0.191 e. The molecule has 1 saturated heterocycles. The molecule has 0 saturated carbocycles. The molecule has 8 heteroatoms. The summed E-state index contributed by atoms with van der Waals surface area (Å²) in [6, 6.07) is 10.5. The number of hydrogen-bond acceptors (Lipinski definition) is 4. The summed E-state index contributed by atoms with van der Waals surface area (Å²) in [5, 5.41) is 11.5. The van der Waals surface area contributed by atoms with Crippen LogP contribution in [0.2, 0.25) is 0 Å². The van der Waals surface area contributed by atoms with Gasteiger partial charge >= 0.3 is 0 Å². The van der Waals surface area contributed by atoms with Gasteiger partial charge in [-0.1, -0.05) is 6.92 Å². The van der Waals surface area contributed by atoms with Gasteiger partial charge in [-0.2, -0.15) is 5.10 Å². The molecule has 3 rings (SSSR count). The third-order valence-corrected chi connectivity index (χ3v) is 5.14. The molecular weight excluding hydrogens is 479 g/mol. The van der Waals surface area contributed by atoms with E-state index in [4.69, 9.17) is 9.73 Å². The number of methoxy groups -OCH3 is 1. The smallest absolute Gasteiger partial charge is 0.191 e. The summed E-state index contributed by atoms with van der Waals surface area (Å²) < 4.78 is 7.07. The quantitative estimate of drug-likeness (QED) is 0.324. The van der Waals surface area contributed by atoms with Crippen molar-refractivity contribution >= 4 is 29.9 Å². The molecule has 0 amide bonds. The van der Waals surface area contributed by atoms with Gasteiger partial charge in [-0.15, -0.1) is 24.0 Å². The van der Waals surface area contributed by atoms with E-state index in [-0.39, 0.29) is 24.0 Å². The number of likely N-dealkylation sites (tertiary alicyclic amines) is 1. The van der Waals surface area contributed by atoms with Crippen LogP contribution in [0.1, 0.15) is 32.4 Å². The zero-order valence-corrected chi connectivity index (χ0v) is 19.9. The van der Waals surface area contributed by atoms with Gasteiger partial charge in [0.05, 0.1) is 25.0 Å². The van der Waals surface area contributed by atoms with Crippen LogP contribution in [-0.2, 0) is 6.54 Å². The zero-order valence-electron chi connectivity index (χ0n) is 17.6. The van der Waals surface area contributed by atoms with Gasteiger partial charge in [-0.25, -0.2) is 9.67 Å². The SMILES string of the molecule is CCNC(=NCc1ccn(-c2ccc(OC)cc2)n1)NCC1CCCN1CC.I. The number of benzene rings is 1. The third kappa shape index (κ3) is 6.60. The van der Waals surface area contributed by atoms with Gasteiger partial charge in [0.25, 0.3) is 0 Å². The Morgan fingerprint density at radius 3 is 2.69 bits per heavy atom. The summed E-state index contributed by atoms with van der Waals surface area (Å²) in [6.45, 7) is 8.96. The van der Waals surface area contributed by atoms with Crippen molar-refractivity contribution in [3.8, 4) is 11.4 Å². The number of hydrogen-bond donors (Lipinski definition) is 2. The van der Waals surface area contributed by atoms with Crippen molar-refractivity contribution < 1.29 is 4.74 Å². The Balaban J connectivity index is 0.00000300. The lowest BCUT2D eigenvalue weighted by Crippen LogP contribution is -2.44. The van der Waals surface area contributed by atoms with E-state index in [1.807, 2.05) is 41.2 Å². The zero-order chi connectivity index (χ0) is 19.8. The number of nitrogens with zero attached hydrogens (tertiary/aromatic N) is 4. The molecule has 7 nitrogen and oxygen atoms in total. The van der Waals surface area contributed by atoms with E-state index in [1.165, 1.54) is 19.4 Å². The molecule has 2 N–H and O–H groups in total. The topological polar surface area (TPSA) is 66.7 Å². The molecule has 1 aromatic heterocycles. The molecule has 1 aliphatic heterocycles. The number of aromatic nitrogens is 2. The number of halogens is 1. The number of rotatable bonds is 8. The van der Waals surface area contributed by atoms with Crippen LogP contribution in [0.25, 0.3) is 5.69 Å². The van der Waals surface area contributed by atoms with E-state index >= 15 is 0 Å². The van der Waals surface area contributed by atoms with Crippen LogP contribution in [0.3, 0.4) is 0 Å². The fraction of sp³-hybridized carbons (Fsp3) is 0.524. The first-order valence-electron chi connectivity index (χ1n) is 10.2. The summed E-state index contributed by atoms with van der Waals surface area (Å²) in [5.74, 6) is 1.69. The Morgan fingerprint density at radius 1 is 1.21 bits per heavy atom. The molecule has 0 bridgehead atoms. The highest BCUT2D eigenvalue weighted by Crippen LogP contribution is 2.16. The number of nitrogens with one attached hydrogen (secondary N) is 2. The second-order valence-electron chi connectivity index (χ2n) is 6.95. The van der Waals surface area contributed by atoms with Gasteiger partial charge in [0.2, 0.25) is 0 Å². The number of likely N-dealkylation sites (N-methyl/N-ethyl adjacent to an activating group) is 1. The van der Waals surface area contributed by atoms with Crippen LogP contribution in [0.5, 0.6) is 5.75 Å². The second-order valence-corrected chi connectivity index (χ2v) is 6.95. The van der Waals surface area contributed by atoms with E-state index in [1.54, 1.807) is 7.11 Å². The standard InChI is InChI=1S/C21H32N6O.HI/c1-4-22-21(24-16-19-7-6-13-26(19)5-2)23-15-17-12-14-27(25-17)18-8-10-20(28-3)11-9-18;/h8-12,14,19H,4-7,13,15-16H2,1-3H3,(H2,22,23,24);1H. The van der Waals surface area contributed by atoms with Crippen LogP contribution in [0, 0.1) is 0 Å². The number of aliphatic imine (C=N–C) groups is 1. The average Bonchev–Trinajstić information content (AvgIpc) is 3.39. The van der Waals surface area contributed by atoms with Gasteiger partial charge in [0.15, 0.2) is 5.96 Å². The first-order chi connectivity index (χ1) is 13.7. The summed E-state index contributed by atoms with van der Waals surface area (Å²) in [5.41, 5.74) is 1.94. The Labute approximate surface area is 190 Å². The molecule has 29 heavy (non-hydrogen) atoms. The Bertz CT molecular complexity index is 761. The van der Waals surface area contributed by atoms with Gasteiger partial charge in [-0.05, 0) is 63.2 Å². The van der Waals surface area contributed by atoms with Crippen molar-refractivity contribution in [2.24, 2.45) is 4.99 Å². The molecule has 1 atom stereocenters. The highest BCUT2D eigenvalue weighted by atomic mass is 127. The van der Waals surface area contributed by atoms with E-state index < -0.39 is 0 Å². The van der Waals surface area contributed by atoms with Crippen molar-refractivity contribution in [1.29, 1.82) is 0 Å². The maximum absolute atomic E-state index is 5.21. The fourth-order valence-corrected chi connectivity index (χ4v) is 3.58. The Morgan fingerprint density at radius 2 is 2.00 bits per heavy atom. The molecule has 160 valence electrons. The molecule has 1 aliphatic rings.